The molecule has 0 bridgehead atoms. The fraction of sp³-hybridized carbons (Fsp3) is 1.00. The molecule has 0 heterocycles. The van der Waals surface area contributed by atoms with Gasteiger partial charge in [0.05, 0.1) is 0 Å². The third-order valence-corrected chi connectivity index (χ3v) is 4.90. The van der Waals surface area contributed by atoms with Crippen molar-refractivity contribution >= 4 is 31.1 Å². The SMILES string of the molecule is CN(C)S(=O)(=O)NS(C)(C)S. The van der Waals surface area contributed by atoms with Crippen LogP contribution in [-0.2, 0) is 10.2 Å². The summed E-state index contributed by atoms with van der Waals surface area (Å²) in [4.78, 5) is 0. The average molecular weight is 218 g/mol. The first-order valence-electron chi connectivity index (χ1n) is 2.82. The molecule has 0 aliphatic heterocycles. The molecule has 70 valence electrons. The van der Waals surface area contributed by atoms with Crippen LogP contribution in [0.3, 0.4) is 0 Å². The van der Waals surface area contributed by atoms with E-state index in [1.807, 2.05) is 0 Å². The first-order chi connectivity index (χ1) is 4.65. The lowest BCUT2D eigenvalue weighted by molar-refractivity contribution is 0.518. The van der Waals surface area contributed by atoms with E-state index < -0.39 is 19.5 Å². The first kappa shape index (κ1) is 11.6. The van der Waals surface area contributed by atoms with Gasteiger partial charge >= 0.3 is 0 Å². The Bertz CT molecular complexity index is 216. The maximum atomic E-state index is 11.1. The van der Waals surface area contributed by atoms with Crippen LogP contribution < -0.4 is 4.13 Å². The Hall–Kier alpha value is 0.570. The van der Waals surface area contributed by atoms with Crippen LogP contribution in [0.2, 0.25) is 0 Å². The number of hydrogen-bond donors (Lipinski definition) is 2. The van der Waals surface area contributed by atoms with Gasteiger partial charge < -0.3 is 0 Å². The van der Waals surface area contributed by atoms with Crippen LogP contribution in [0.5, 0.6) is 0 Å². The van der Waals surface area contributed by atoms with E-state index in [2.05, 4.69) is 15.8 Å². The van der Waals surface area contributed by atoms with E-state index in [1.165, 1.54) is 14.1 Å². The summed E-state index contributed by atoms with van der Waals surface area (Å²) in [6.07, 6.45) is 3.49. The van der Waals surface area contributed by atoms with E-state index in [9.17, 15) is 8.42 Å². The zero-order chi connectivity index (χ0) is 9.28. The van der Waals surface area contributed by atoms with Crippen LogP contribution in [0.25, 0.3) is 0 Å². The lowest BCUT2D eigenvalue weighted by Crippen LogP contribution is -2.35. The topological polar surface area (TPSA) is 49.4 Å². The molecule has 0 rings (SSSR count). The summed E-state index contributed by atoms with van der Waals surface area (Å²) in [5.74, 6) is 0. The third kappa shape index (κ3) is 4.91. The lowest BCUT2D eigenvalue weighted by Gasteiger charge is -2.26. The van der Waals surface area contributed by atoms with Crippen LogP contribution in [0.15, 0.2) is 0 Å². The van der Waals surface area contributed by atoms with E-state index in [0.717, 1.165) is 4.31 Å². The highest BCUT2D eigenvalue weighted by molar-refractivity contribution is 8.87. The van der Waals surface area contributed by atoms with Gasteiger partial charge in [0, 0.05) is 14.1 Å². The summed E-state index contributed by atoms with van der Waals surface area (Å²) < 4.78 is 25.8. The smallest absolute Gasteiger partial charge is 0.195 e. The van der Waals surface area contributed by atoms with Gasteiger partial charge in [-0.05, 0) is 12.5 Å². The maximum Gasteiger partial charge on any atom is 0.287 e. The van der Waals surface area contributed by atoms with Gasteiger partial charge in [-0.25, -0.2) is 0 Å². The minimum absolute atomic E-state index is 1.12. The minimum atomic E-state index is -3.31. The predicted octanol–water partition coefficient (Wildman–Crippen LogP) is 0.206. The summed E-state index contributed by atoms with van der Waals surface area (Å²) in [7, 11) is -1.88. The molecule has 0 amide bonds. The molecule has 0 unspecified atom stereocenters. The molecule has 4 nitrogen and oxygen atoms in total. The summed E-state index contributed by atoms with van der Waals surface area (Å²) in [5, 5.41) is 0. The molecular weight excluding hydrogens is 204 g/mol. The van der Waals surface area contributed by atoms with Crippen molar-refractivity contribution < 1.29 is 8.42 Å². The van der Waals surface area contributed by atoms with Crippen molar-refractivity contribution in [3.63, 3.8) is 0 Å². The molecule has 0 saturated carbocycles. The van der Waals surface area contributed by atoms with Gasteiger partial charge in [0.15, 0.2) is 0 Å². The normalized spacial score (nSPS) is 15.5. The first-order valence-corrected chi connectivity index (χ1v) is 7.76. The second kappa shape index (κ2) is 3.53. The fourth-order valence-electron chi connectivity index (χ4n) is 0.332. The van der Waals surface area contributed by atoms with E-state index in [-0.39, 0.29) is 0 Å². The van der Waals surface area contributed by atoms with Crippen molar-refractivity contribution in [3.05, 3.63) is 0 Å². The molecule has 0 aromatic rings. The van der Waals surface area contributed by atoms with Crippen molar-refractivity contribution in [3.8, 4) is 0 Å². The summed E-state index contributed by atoms with van der Waals surface area (Å²) >= 11 is 4.11. The number of rotatable bonds is 3. The Morgan fingerprint density at radius 1 is 1.27 bits per heavy atom. The number of nitrogens with one attached hydrogen (secondary N) is 1. The van der Waals surface area contributed by atoms with Crippen molar-refractivity contribution in [2.75, 3.05) is 26.6 Å². The van der Waals surface area contributed by atoms with Crippen LogP contribution in [0, 0.1) is 0 Å². The molecule has 0 aliphatic rings. The number of hydrogen-bond acceptors (Lipinski definition) is 3. The van der Waals surface area contributed by atoms with Crippen molar-refractivity contribution in [1.82, 2.24) is 8.43 Å². The standard InChI is InChI=1S/C4H14N2O2S3/c1-6(2)11(7,8)5-10(3,4)9/h5,9H,1-4H3. The molecule has 0 aromatic carbocycles. The second-order valence-electron chi connectivity index (χ2n) is 2.64. The molecule has 7 heteroatoms. The zero-order valence-electron chi connectivity index (χ0n) is 7.03. The molecule has 0 saturated heterocycles. The summed E-state index contributed by atoms with van der Waals surface area (Å²) in [6.45, 7) is 0. The maximum absolute atomic E-state index is 11.1. The van der Waals surface area contributed by atoms with E-state index in [4.69, 9.17) is 0 Å². The monoisotopic (exact) mass is 218 g/mol. The van der Waals surface area contributed by atoms with Crippen molar-refractivity contribution in [1.29, 1.82) is 0 Å². The van der Waals surface area contributed by atoms with Gasteiger partial charge in [-0.1, -0.05) is 0 Å². The van der Waals surface area contributed by atoms with Gasteiger partial charge in [-0.2, -0.15) is 16.9 Å². The van der Waals surface area contributed by atoms with Crippen LogP contribution in [0.1, 0.15) is 0 Å². The quantitative estimate of drug-likeness (QED) is 0.525. The Kier molecular flexibility index (Phi) is 3.71. The third-order valence-electron chi connectivity index (χ3n) is 0.790. The van der Waals surface area contributed by atoms with Crippen LogP contribution in [0.4, 0.5) is 0 Å². The molecular formula is C4H14N2O2S3. The molecule has 0 aromatic heterocycles. The molecule has 0 atom stereocenters. The van der Waals surface area contributed by atoms with Gasteiger partial charge in [-0.15, -0.1) is 20.9 Å². The molecule has 11 heavy (non-hydrogen) atoms. The van der Waals surface area contributed by atoms with Gasteiger partial charge in [0.2, 0.25) is 0 Å². The molecule has 0 radical (unpaired) electrons. The Morgan fingerprint density at radius 3 is 1.73 bits per heavy atom. The zero-order valence-corrected chi connectivity index (χ0v) is 9.55. The van der Waals surface area contributed by atoms with Crippen molar-refractivity contribution in [2.24, 2.45) is 0 Å². The van der Waals surface area contributed by atoms with Gasteiger partial charge in [0.25, 0.3) is 10.2 Å². The predicted molar refractivity (Wildman–Crippen MR) is 54.2 cm³/mol. The highest BCUT2D eigenvalue weighted by atomic mass is 33.1. The second-order valence-corrected chi connectivity index (χ2v) is 10.3. The van der Waals surface area contributed by atoms with Gasteiger partial charge in [0.1, 0.15) is 0 Å². The largest absolute Gasteiger partial charge is 0.287 e. The Morgan fingerprint density at radius 2 is 1.64 bits per heavy atom. The van der Waals surface area contributed by atoms with Gasteiger partial charge in [-0.3, -0.25) is 0 Å². The Balaban J connectivity index is 4.40. The lowest BCUT2D eigenvalue weighted by atomic mass is 11.3. The minimum Gasteiger partial charge on any atom is -0.195 e. The van der Waals surface area contributed by atoms with Crippen LogP contribution >= 0.6 is 20.9 Å². The fourth-order valence-corrected chi connectivity index (χ4v) is 3.84. The number of nitrogens with zero attached hydrogens (tertiary/aromatic N) is 1. The Labute approximate surface area is 74.8 Å². The van der Waals surface area contributed by atoms with E-state index in [1.54, 1.807) is 12.5 Å². The van der Waals surface area contributed by atoms with Crippen LogP contribution in [-0.4, -0.2) is 39.3 Å². The highest BCUT2D eigenvalue weighted by Crippen LogP contribution is 2.40. The van der Waals surface area contributed by atoms with E-state index >= 15 is 0 Å². The summed E-state index contributed by atoms with van der Waals surface area (Å²) in [5.41, 5.74) is 0. The van der Waals surface area contributed by atoms with Crippen molar-refractivity contribution in [2.45, 2.75) is 0 Å². The molecule has 0 aliphatic carbocycles. The molecule has 0 fully saturated rings. The number of thiol groups is 1. The molecule has 1 N–H and O–H groups in total. The average Bonchev–Trinajstić information content (AvgIpc) is 1.56. The van der Waals surface area contributed by atoms with E-state index in [0.29, 0.717) is 0 Å². The summed E-state index contributed by atoms with van der Waals surface area (Å²) in [6, 6.07) is 0. The highest BCUT2D eigenvalue weighted by Gasteiger charge is 2.18. The molecule has 0 spiro atoms.